The smallest absolute Gasteiger partial charge is 0.232 e. The van der Waals surface area contributed by atoms with Gasteiger partial charge in [0.05, 0.1) is 25.2 Å². The molecule has 1 aromatic carbocycles. The largest absolute Gasteiger partial charge is 0.347 e. The molecule has 0 N–H and O–H groups in total. The summed E-state index contributed by atoms with van der Waals surface area (Å²) in [6.45, 7) is 6.34. The first kappa shape index (κ1) is 20.1. The molecule has 2 heterocycles. The van der Waals surface area contributed by atoms with Crippen molar-refractivity contribution in [3.05, 3.63) is 29.3 Å². The molecule has 0 aliphatic carbocycles. The summed E-state index contributed by atoms with van der Waals surface area (Å²) in [5.41, 5.74) is 2.58. The van der Waals surface area contributed by atoms with Gasteiger partial charge in [0, 0.05) is 38.9 Å². The standard InChI is InChI=1S/C19H28N2O5S/c1-15-12-16(2)14-17(13-15)21(27(3,23)24)7-4-18(22)20-8-5-19(6-9-20)25-10-11-26-19/h12-14H,4-11H2,1-3H3. The summed E-state index contributed by atoms with van der Waals surface area (Å²) in [4.78, 5) is 14.4. The molecular formula is C19H28N2O5S. The second-order valence-electron chi connectivity index (χ2n) is 7.42. The Labute approximate surface area is 161 Å². The van der Waals surface area contributed by atoms with E-state index in [1.807, 2.05) is 32.0 Å². The second-order valence-corrected chi connectivity index (χ2v) is 9.33. The van der Waals surface area contributed by atoms with Gasteiger partial charge in [-0.2, -0.15) is 0 Å². The molecule has 2 saturated heterocycles. The molecule has 1 amide bonds. The Bertz CT molecular complexity index is 772. The molecule has 0 bridgehead atoms. The fourth-order valence-corrected chi connectivity index (χ4v) is 4.73. The highest BCUT2D eigenvalue weighted by Crippen LogP contribution is 2.31. The number of benzene rings is 1. The van der Waals surface area contributed by atoms with Crippen molar-refractivity contribution in [3.8, 4) is 0 Å². The molecule has 0 unspecified atom stereocenters. The van der Waals surface area contributed by atoms with Crippen LogP contribution in [-0.2, 0) is 24.3 Å². The van der Waals surface area contributed by atoms with Crippen molar-refractivity contribution in [1.29, 1.82) is 0 Å². The molecule has 0 saturated carbocycles. The Kier molecular flexibility index (Phi) is 5.79. The van der Waals surface area contributed by atoms with E-state index in [1.54, 1.807) is 4.90 Å². The molecule has 0 radical (unpaired) electrons. The van der Waals surface area contributed by atoms with Crippen molar-refractivity contribution in [2.24, 2.45) is 0 Å². The minimum Gasteiger partial charge on any atom is -0.347 e. The lowest BCUT2D eigenvalue weighted by Gasteiger charge is -2.37. The number of rotatable bonds is 5. The van der Waals surface area contributed by atoms with Gasteiger partial charge < -0.3 is 14.4 Å². The molecule has 1 aromatic rings. The second kappa shape index (κ2) is 7.77. The van der Waals surface area contributed by atoms with Crippen molar-refractivity contribution in [3.63, 3.8) is 0 Å². The summed E-state index contributed by atoms with van der Waals surface area (Å²) >= 11 is 0. The van der Waals surface area contributed by atoms with Crippen molar-refractivity contribution >= 4 is 21.6 Å². The van der Waals surface area contributed by atoms with Gasteiger partial charge in [0.2, 0.25) is 15.9 Å². The fourth-order valence-electron chi connectivity index (χ4n) is 3.82. The van der Waals surface area contributed by atoms with E-state index < -0.39 is 15.8 Å². The number of ether oxygens (including phenoxy) is 2. The lowest BCUT2D eigenvalue weighted by Crippen LogP contribution is -2.48. The molecule has 3 rings (SSSR count). The van der Waals surface area contributed by atoms with Crippen LogP contribution >= 0.6 is 0 Å². The van der Waals surface area contributed by atoms with Crippen molar-refractivity contribution < 1.29 is 22.7 Å². The highest BCUT2D eigenvalue weighted by Gasteiger charge is 2.40. The zero-order chi connectivity index (χ0) is 19.7. The molecule has 8 heteroatoms. The zero-order valence-electron chi connectivity index (χ0n) is 16.2. The number of aryl methyl sites for hydroxylation is 2. The van der Waals surface area contributed by atoms with Gasteiger partial charge in [-0.25, -0.2) is 8.42 Å². The summed E-state index contributed by atoms with van der Waals surface area (Å²) in [5.74, 6) is -0.560. The third-order valence-corrected chi connectivity index (χ3v) is 6.31. The van der Waals surface area contributed by atoms with Crippen LogP contribution in [0.1, 0.15) is 30.4 Å². The van der Waals surface area contributed by atoms with Gasteiger partial charge >= 0.3 is 0 Å². The quantitative estimate of drug-likeness (QED) is 0.759. The number of hydrogen-bond donors (Lipinski definition) is 0. The van der Waals surface area contributed by atoms with Gasteiger partial charge in [0.1, 0.15) is 0 Å². The lowest BCUT2D eigenvalue weighted by molar-refractivity contribution is -0.187. The third-order valence-electron chi connectivity index (χ3n) is 5.12. The fraction of sp³-hybridized carbons (Fsp3) is 0.632. The molecule has 27 heavy (non-hydrogen) atoms. The van der Waals surface area contributed by atoms with Gasteiger partial charge in [-0.05, 0) is 37.1 Å². The Morgan fingerprint density at radius 2 is 1.67 bits per heavy atom. The van der Waals surface area contributed by atoms with E-state index in [9.17, 15) is 13.2 Å². The molecule has 0 aromatic heterocycles. The number of sulfonamides is 1. The van der Waals surface area contributed by atoms with E-state index in [4.69, 9.17) is 9.47 Å². The molecule has 1 spiro atoms. The van der Waals surface area contributed by atoms with Crippen molar-refractivity contribution in [2.75, 3.05) is 43.4 Å². The average molecular weight is 397 g/mol. The highest BCUT2D eigenvalue weighted by molar-refractivity contribution is 7.92. The molecule has 0 atom stereocenters. The minimum absolute atomic E-state index is 0.0409. The first-order valence-electron chi connectivity index (χ1n) is 9.30. The number of carbonyl (C=O) groups is 1. The summed E-state index contributed by atoms with van der Waals surface area (Å²) in [5, 5.41) is 0. The predicted octanol–water partition coefficient (Wildman–Crippen LogP) is 1.83. The van der Waals surface area contributed by atoms with Gasteiger partial charge in [-0.3, -0.25) is 9.10 Å². The van der Waals surface area contributed by atoms with Gasteiger partial charge in [-0.15, -0.1) is 0 Å². The summed E-state index contributed by atoms with van der Waals surface area (Å²) < 4.78 is 37.3. The number of hydrogen-bond acceptors (Lipinski definition) is 5. The van der Waals surface area contributed by atoms with Crippen LogP contribution in [0.5, 0.6) is 0 Å². The van der Waals surface area contributed by atoms with E-state index in [0.717, 1.165) is 11.1 Å². The van der Waals surface area contributed by atoms with E-state index >= 15 is 0 Å². The van der Waals surface area contributed by atoms with E-state index in [1.165, 1.54) is 10.6 Å². The molecular weight excluding hydrogens is 368 g/mol. The first-order valence-corrected chi connectivity index (χ1v) is 11.2. The van der Waals surface area contributed by atoms with Crippen LogP contribution < -0.4 is 4.31 Å². The van der Waals surface area contributed by atoms with Crippen LogP contribution in [-0.4, -0.2) is 64.1 Å². The number of amides is 1. The Morgan fingerprint density at radius 1 is 1.11 bits per heavy atom. The summed E-state index contributed by atoms with van der Waals surface area (Å²) in [7, 11) is -3.47. The number of anilines is 1. The molecule has 2 aliphatic heterocycles. The molecule has 7 nitrogen and oxygen atoms in total. The van der Waals surface area contributed by atoms with Crippen molar-refractivity contribution in [2.45, 2.75) is 38.9 Å². The summed E-state index contributed by atoms with van der Waals surface area (Å²) in [6.07, 6.45) is 2.64. The van der Waals surface area contributed by atoms with E-state index in [2.05, 4.69) is 0 Å². The summed E-state index contributed by atoms with van der Waals surface area (Å²) in [6, 6.07) is 5.65. The van der Waals surface area contributed by atoms with Crippen molar-refractivity contribution in [1.82, 2.24) is 4.90 Å². The molecule has 2 fully saturated rings. The highest BCUT2D eigenvalue weighted by atomic mass is 32.2. The SMILES string of the molecule is Cc1cc(C)cc(N(CCC(=O)N2CCC3(CC2)OCCO3)S(C)(=O)=O)c1. The average Bonchev–Trinajstić information content (AvgIpc) is 3.01. The minimum atomic E-state index is -3.47. The van der Waals surface area contributed by atoms with Crippen LogP contribution in [0.2, 0.25) is 0 Å². The Balaban J connectivity index is 1.63. The monoisotopic (exact) mass is 396 g/mol. The lowest BCUT2D eigenvalue weighted by atomic mass is 10.0. The van der Waals surface area contributed by atoms with Crippen LogP contribution in [0.15, 0.2) is 18.2 Å². The van der Waals surface area contributed by atoms with Gasteiger partial charge in [-0.1, -0.05) is 6.07 Å². The van der Waals surface area contributed by atoms with Crippen LogP contribution in [0.25, 0.3) is 0 Å². The van der Waals surface area contributed by atoms with E-state index in [-0.39, 0.29) is 18.9 Å². The van der Waals surface area contributed by atoms with Crippen LogP contribution in [0, 0.1) is 13.8 Å². The maximum atomic E-state index is 12.6. The number of piperidine rings is 1. The molecule has 2 aliphatic rings. The topological polar surface area (TPSA) is 76.2 Å². The number of nitrogens with zero attached hydrogens (tertiary/aromatic N) is 2. The van der Waals surface area contributed by atoms with Gasteiger partial charge in [0.25, 0.3) is 0 Å². The van der Waals surface area contributed by atoms with E-state index in [0.29, 0.717) is 44.8 Å². The van der Waals surface area contributed by atoms with Crippen LogP contribution in [0.4, 0.5) is 5.69 Å². The Morgan fingerprint density at radius 3 is 2.19 bits per heavy atom. The predicted molar refractivity (Wildman–Crippen MR) is 103 cm³/mol. The maximum absolute atomic E-state index is 12.6. The maximum Gasteiger partial charge on any atom is 0.232 e. The molecule has 150 valence electrons. The Hall–Kier alpha value is -1.64. The number of carbonyl (C=O) groups excluding carboxylic acids is 1. The van der Waals surface area contributed by atoms with Gasteiger partial charge in [0.15, 0.2) is 5.79 Å². The van der Waals surface area contributed by atoms with Crippen LogP contribution in [0.3, 0.4) is 0 Å². The zero-order valence-corrected chi connectivity index (χ0v) is 17.0. The first-order chi connectivity index (χ1) is 12.7. The number of likely N-dealkylation sites (tertiary alicyclic amines) is 1. The normalized spacial score (nSPS) is 19.4. The third kappa shape index (κ3) is 4.80.